The molecule has 1 aromatic carbocycles. The van der Waals surface area contributed by atoms with Crippen molar-refractivity contribution in [1.29, 1.82) is 0 Å². The monoisotopic (exact) mass is 264 g/mol. The van der Waals surface area contributed by atoms with Gasteiger partial charge in [-0.25, -0.2) is 4.79 Å². The molecule has 0 aliphatic carbocycles. The predicted octanol–water partition coefficient (Wildman–Crippen LogP) is 3.75. The first-order valence-electron chi connectivity index (χ1n) is 6.84. The quantitative estimate of drug-likeness (QED) is 0.734. The fourth-order valence-electron chi connectivity index (χ4n) is 1.65. The van der Waals surface area contributed by atoms with Crippen LogP contribution in [0.4, 0.5) is 0 Å². The minimum Gasteiger partial charge on any atom is -0.482 e. The summed E-state index contributed by atoms with van der Waals surface area (Å²) in [6.07, 6.45) is 3.47. The van der Waals surface area contributed by atoms with Crippen LogP contribution in [0.2, 0.25) is 0 Å². The average molecular weight is 264 g/mol. The van der Waals surface area contributed by atoms with Crippen molar-refractivity contribution >= 4 is 5.97 Å². The summed E-state index contributed by atoms with van der Waals surface area (Å²) in [5.74, 6) is 0.355. The maximum absolute atomic E-state index is 11.5. The van der Waals surface area contributed by atoms with Crippen LogP contribution in [-0.2, 0) is 16.0 Å². The van der Waals surface area contributed by atoms with E-state index in [9.17, 15) is 4.79 Å². The molecular weight excluding hydrogens is 240 g/mol. The van der Waals surface area contributed by atoms with Gasteiger partial charge < -0.3 is 9.47 Å². The number of carbonyl (C=O) groups is 1. The van der Waals surface area contributed by atoms with Crippen molar-refractivity contribution in [3.05, 3.63) is 29.8 Å². The number of esters is 1. The van der Waals surface area contributed by atoms with Crippen LogP contribution in [0.3, 0.4) is 0 Å². The van der Waals surface area contributed by atoms with E-state index in [1.165, 1.54) is 18.4 Å². The molecule has 0 N–H and O–H groups in total. The first kappa shape index (κ1) is 15.5. The number of hydrogen-bond donors (Lipinski definition) is 0. The summed E-state index contributed by atoms with van der Waals surface area (Å²) < 4.78 is 10.6. The van der Waals surface area contributed by atoms with Gasteiger partial charge in [-0.15, -0.1) is 0 Å². The molecule has 3 heteroatoms. The predicted molar refractivity (Wildman–Crippen MR) is 76.4 cm³/mol. The Hall–Kier alpha value is -1.51. The van der Waals surface area contributed by atoms with E-state index in [4.69, 9.17) is 9.47 Å². The lowest BCUT2D eigenvalue weighted by Crippen LogP contribution is -2.27. The molecule has 3 nitrogen and oxygen atoms in total. The topological polar surface area (TPSA) is 35.5 Å². The SMILES string of the molecule is CCCCc1ccc(OCC(=O)OC(C)(C)C)cc1. The third kappa shape index (κ3) is 6.85. The molecule has 19 heavy (non-hydrogen) atoms. The Labute approximate surface area is 115 Å². The Bertz CT molecular complexity index is 387. The Morgan fingerprint density at radius 2 is 1.79 bits per heavy atom. The third-order valence-corrected chi connectivity index (χ3v) is 2.52. The van der Waals surface area contributed by atoms with Gasteiger partial charge in [0.1, 0.15) is 11.4 Å². The van der Waals surface area contributed by atoms with Gasteiger partial charge in [-0.05, 0) is 51.3 Å². The number of rotatable bonds is 6. The molecular formula is C16H24O3. The third-order valence-electron chi connectivity index (χ3n) is 2.52. The van der Waals surface area contributed by atoms with E-state index in [0.29, 0.717) is 5.75 Å². The van der Waals surface area contributed by atoms with Crippen molar-refractivity contribution in [2.75, 3.05) is 6.61 Å². The number of benzene rings is 1. The molecule has 0 saturated carbocycles. The zero-order chi connectivity index (χ0) is 14.3. The van der Waals surface area contributed by atoms with Crippen LogP contribution in [0.5, 0.6) is 5.75 Å². The highest BCUT2D eigenvalue weighted by Gasteiger charge is 2.16. The maximum atomic E-state index is 11.5. The zero-order valence-corrected chi connectivity index (χ0v) is 12.4. The van der Waals surface area contributed by atoms with Crippen molar-refractivity contribution in [2.45, 2.75) is 52.6 Å². The van der Waals surface area contributed by atoms with E-state index in [-0.39, 0.29) is 12.6 Å². The van der Waals surface area contributed by atoms with E-state index in [1.54, 1.807) is 0 Å². The van der Waals surface area contributed by atoms with Crippen molar-refractivity contribution in [3.63, 3.8) is 0 Å². The second kappa shape index (κ2) is 7.17. The molecule has 0 heterocycles. The summed E-state index contributed by atoms with van der Waals surface area (Å²) in [5, 5.41) is 0. The van der Waals surface area contributed by atoms with Crippen LogP contribution in [0.15, 0.2) is 24.3 Å². The van der Waals surface area contributed by atoms with Gasteiger partial charge in [0, 0.05) is 0 Å². The highest BCUT2D eigenvalue weighted by atomic mass is 16.6. The van der Waals surface area contributed by atoms with Crippen molar-refractivity contribution in [2.24, 2.45) is 0 Å². The molecule has 0 atom stereocenters. The number of carbonyl (C=O) groups excluding carboxylic acids is 1. The summed E-state index contributed by atoms with van der Waals surface area (Å²) in [6, 6.07) is 7.88. The van der Waals surface area contributed by atoms with Gasteiger partial charge in [-0.3, -0.25) is 0 Å². The first-order valence-corrected chi connectivity index (χ1v) is 6.84. The Morgan fingerprint density at radius 3 is 2.32 bits per heavy atom. The molecule has 0 aliphatic heterocycles. The highest BCUT2D eigenvalue weighted by Crippen LogP contribution is 2.14. The number of ether oxygens (including phenoxy) is 2. The van der Waals surface area contributed by atoms with Gasteiger partial charge in [0.05, 0.1) is 0 Å². The maximum Gasteiger partial charge on any atom is 0.344 e. The molecule has 0 amide bonds. The molecule has 106 valence electrons. The highest BCUT2D eigenvalue weighted by molar-refractivity contribution is 5.71. The normalized spacial score (nSPS) is 11.2. The van der Waals surface area contributed by atoms with Crippen LogP contribution < -0.4 is 4.74 Å². The Morgan fingerprint density at radius 1 is 1.16 bits per heavy atom. The lowest BCUT2D eigenvalue weighted by atomic mass is 10.1. The van der Waals surface area contributed by atoms with Crippen LogP contribution >= 0.6 is 0 Å². The molecule has 0 saturated heterocycles. The zero-order valence-electron chi connectivity index (χ0n) is 12.4. The van der Waals surface area contributed by atoms with Gasteiger partial charge in [0.25, 0.3) is 0 Å². The molecule has 0 aromatic heterocycles. The summed E-state index contributed by atoms with van der Waals surface area (Å²) in [7, 11) is 0. The van der Waals surface area contributed by atoms with Crippen LogP contribution in [0.1, 0.15) is 46.1 Å². The molecule has 0 bridgehead atoms. The van der Waals surface area contributed by atoms with E-state index in [1.807, 2.05) is 45.0 Å². The molecule has 0 radical (unpaired) electrons. The lowest BCUT2D eigenvalue weighted by molar-refractivity contribution is -0.157. The molecule has 1 rings (SSSR count). The van der Waals surface area contributed by atoms with Crippen molar-refractivity contribution < 1.29 is 14.3 Å². The van der Waals surface area contributed by atoms with E-state index in [0.717, 1.165) is 6.42 Å². The Kier molecular flexibility index (Phi) is 5.87. The summed E-state index contributed by atoms with van der Waals surface area (Å²) >= 11 is 0. The van der Waals surface area contributed by atoms with Gasteiger partial charge in [0.15, 0.2) is 6.61 Å². The van der Waals surface area contributed by atoms with Gasteiger partial charge >= 0.3 is 5.97 Å². The van der Waals surface area contributed by atoms with Gasteiger partial charge in [-0.1, -0.05) is 25.5 Å². The standard InChI is InChI=1S/C16H24O3/c1-5-6-7-13-8-10-14(11-9-13)18-12-15(17)19-16(2,3)4/h8-11H,5-7,12H2,1-4H3. The second-order valence-corrected chi connectivity index (χ2v) is 5.62. The van der Waals surface area contributed by atoms with E-state index >= 15 is 0 Å². The van der Waals surface area contributed by atoms with Crippen LogP contribution in [0, 0.1) is 0 Å². The van der Waals surface area contributed by atoms with E-state index < -0.39 is 5.60 Å². The summed E-state index contributed by atoms with van der Waals surface area (Å²) in [6.45, 7) is 7.65. The number of aryl methyl sites for hydroxylation is 1. The summed E-state index contributed by atoms with van der Waals surface area (Å²) in [5.41, 5.74) is 0.830. The van der Waals surface area contributed by atoms with Gasteiger partial charge in [-0.2, -0.15) is 0 Å². The smallest absolute Gasteiger partial charge is 0.344 e. The van der Waals surface area contributed by atoms with Crippen molar-refractivity contribution in [1.82, 2.24) is 0 Å². The van der Waals surface area contributed by atoms with Gasteiger partial charge in [0.2, 0.25) is 0 Å². The van der Waals surface area contributed by atoms with E-state index in [2.05, 4.69) is 6.92 Å². The molecule has 0 spiro atoms. The van der Waals surface area contributed by atoms with Crippen molar-refractivity contribution in [3.8, 4) is 5.75 Å². The summed E-state index contributed by atoms with van der Waals surface area (Å²) in [4.78, 5) is 11.5. The number of unbranched alkanes of at least 4 members (excludes halogenated alkanes) is 1. The number of hydrogen-bond acceptors (Lipinski definition) is 3. The average Bonchev–Trinajstić information content (AvgIpc) is 2.33. The minimum atomic E-state index is -0.468. The molecule has 0 unspecified atom stereocenters. The molecule has 0 aliphatic rings. The second-order valence-electron chi connectivity index (χ2n) is 5.62. The minimum absolute atomic E-state index is 0.0500. The molecule has 0 fully saturated rings. The first-order chi connectivity index (χ1) is 8.90. The molecule has 1 aromatic rings. The van der Waals surface area contributed by atoms with Crippen LogP contribution in [0.25, 0.3) is 0 Å². The lowest BCUT2D eigenvalue weighted by Gasteiger charge is -2.19. The van der Waals surface area contributed by atoms with Crippen LogP contribution in [-0.4, -0.2) is 18.2 Å². The Balaban J connectivity index is 2.39. The fourth-order valence-corrected chi connectivity index (χ4v) is 1.65. The largest absolute Gasteiger partial charge is 0.482 e. The fraction of sp³-hybridized carbons (Fsp3) is 0.562.